The van der Waals surface area contributed by atoms with Crippen molar-refractivity contribution in [3.8, 4) is 0 Å². The maximum Gasteiger partial charge on any atom is 0.342 e. The number of nitrogens with zero attached hydrogens (tertiary/aromatic N) is 1. The summed E-state index contributed by atoms with van der Waals surface area (Å²) in [7, 11) is 0. The number of hydrogen-bond acceptors (Lipinski definition) is 5. The molecular weight excluding hydrogens is 252 g/mol. The highest BCUT2D eigenvalue weighted by atomic mass is 16.6. The maximum absolute atomic E-state index is 11.0. The van der Waals surface area contributed by atoms with E-state index in [1.165, 1.54) is 18.2 Å². The van der Waals surface area contributed by atoms with Crippen molar-refractivity contribution in [2.75, 3.05) is 11.9 Å². The minimum Gasteiger partial charge on any atom is -0.477 e. The normalized spacial score (nSPS) is 21.5. The topological polar surface area (TPSA) is 113 Å². The van der Waals surface area contributed by atoms with Gasteiger partial charge in [-0.25, -0.2) is 4.79 Å². The molecular formula is C12H14N2O5. The van der Waals surface area contributed by atoms with Crippen LogP contribution in [-0.4, -0.2) is 33.8 Å². The Labute approximate surface area is 109 Å². The number of nitrogens with one attached hydrogen (secondary N) is 1. The second-order valence-electron chi connectivity index (χ2n) is 4.64. The SMILES string of the molecule is O=C(O)c1cccc(NCC2CC(O)C2)c1[N+](=O)[O-]. The Balaban J connectivity index is 2.17. The highest BCUT2D eigenvalue weighted by Crippen LogP contribution is 2.31. The number of nitro benzene ring substituents is 1. The Kier molecular flexibility index (Phi) is 3.66. The summed E-state index contributed by atoms with van der Waals surface area (Å²) < 4.78 is 0. The zero-order valence-electron chi connectivity index (χ0n) is 10.1. The van der Waals surface area contributed by atoms with E-state index in [4.69, 9.17) is 10.2 Å². The quantitative estimate of drug-likeness (QED) is 0.549. The fraction of sp³-hybridized carbons (Fsp3) is 0.417. The lowest BCUT2D eigenvalue weighted by molar-refractivity contribution is -0.384. The maximum atomic E-state index is 11.0. The van der Waals surface area contributed by atoms with Crippen molar-refractivity contribution in [2.24, 2.45) is 5.92 Å². The molecule has 0 aliphatic heterocycles. The van der Waals surface area contributed by atoms with Gasteiger partial charge in [-0.15, -0.1) is 0 Å². The van der Waals surface area contributed by atoms with Crippen molar-refractivity contribution in [3.05, 3.63) is 33.9 Å². The van der Waals surface area contributed by atoms with Crippen LogP contribution in [0.25, 0.3) is 0 Å². The van der Waals surface area contributed by atoms with Crippen molar-refractivity contribution in [2.45, 2.75) is 18.9 Å². The van der Waals surface area contributed by atoms with Gasteiger partial charge < -0.3 is 15.5 Å². The lowest BCUT2D eigenvalue weighted by Gasteiger charge is -2.31. The van der Waals surface area contributed by atoms with Crippen LogP contribution in [0.3, 0.4) is 0 Å². The predicted molar refractivity (Wildman–Crippen MR) is 67.3 cm³/mol. The van der Waals surface area contributed by atoms with E-state index < -0.39 is 16.6 Å². The molecule has 0 aromatic heterocycles. The van der Waals surface area contributed by atoms with Crippen LogP contribution in [-0.2, 0) is 0 Å². The smallest absolute Gasteiger partial charge is 0.342 e. The number of nitro groups is 1. The zero-order valence-corrected chi connectivity index (χ0v) is 10.1. The molecule has 19 heavy (non-hydrogen) atoms. The van der Waals surface area contributed by atoms with Gasteiger partial charge in [-0.1, -0.05) is 6.07 Å². The number of aliphatic hydroxyl groups excluding tert-OH is 1. The first-order chi connectivity index (χ1) is 8.99. The van der Waals surface area contributed by atoms with E-state index in [2.05, 4.69) is 5.32 Å². The van der Waals surface area contributed by atoms with Crippen molar-refractivity contribution >= 4 is 17.3 Å². The number of aromatic carboxylic acids is 1. The van der Waals surface area contributed by atoms with Crippen molar-refractivity contribution in [1.82, 2.24) is 0 Å². The van der Waals surface area contributed by atoms with Gasteiger partial charge in [-0.05, 0) is 30.9 Å². The lowest BCUT2D eigenvalue weighted by atomic mass is 9.82. The largest absolute Gasteiger partial charge is 0.477 e. The zero-order chi connectivity index (χ0) is 14.0. The molecule has 0 heterocycles. The van der Waals surface area contributed by atoms with Gasteiger partial charge in [0.05, 0.1) is 11.0 Å². The summed E-state index contributed by atoms with van der Waals surface area (Å²) in [4.78, 5) is 21.3. The summed E-state index contributed by atoms with van der Waals surface area (Å²) in [6.45, 7) is 0.487. The summed E-state index contributed by atoms with van der Waals surface area (Å²) in [6, 6.07) is 4.16. The number of anilines is 1. The summed E-state index contributed by atoms with van der Waals surface area (Å²) in [5, 5.41) is 32.0. The highest BCUT2D eigenvalue weighted by Gasteiger charge is 2.28. The minimum atomic E-state index is -1.32. The van der Waals surface area contributed by atoms with Crippen molar-refractivity contribution < 1.29 is 19.9 Å². The van der Waals surface area contributed by atoms with Crippen molar-refractivity contribution in [3.63, 3.8) is 0 Å². The average Bonchev–Trinajstić information content (AvgIpc) is 2.32. The molecule has 102 valence electrons. The summed E-state index contributed by atoms with van der Waals surface area (Å²) in [6.07, 6.45) is 1.05. The first kappa shape index (κ1) is 13.3. The van der Waals surface area contributed by atoms with Gasteiger partial charge in [0.2, 0.25) is 0 Å². The van der Waals surface area contributed by atoms with Gasteiger partial charge in [0.15, 0.2) is 0 Å². The molecule has 0 bridgehead atoms. The van der Waals surface area contributed by atoms with Crippen LogP contribution in [0, 0.1) is 16.0 Å². The molecule has 0 unspecified atom stereocenters. The number of carboxylic acids is 1. The van der Waals surface area contributed by atoms with Crippen molar-refractivity contribution in [1.29, 1.82) is 0 Å². The molecule has 1 aromatic carbocycles. The third-order valence-electron chi connectivity index (χ3n) is 3.24. The van der Waals surface area contributed by atoms with E-state index in [0.29, 0.717) is 19.4 Å². The number of rotatable bonds is 5. The molecule has 0 amide bonds. The number of benzene rings is 1. The lowest BCUT2D eigenvalue weighted by Crippen LogP contribution is -2.33. The van der Waals surface area contributed by atoms with Gasteiger partial charge in [0.1, 0.15) is 11.3 Å². The summed E-state index contributed by atoms with van der Waals surface area (Å²) >= 11 is 0. The van der Waals surface area contributed by atoms with Crippen LogP contribution >= 0.6 is 0 Å². The van der Waals surface area contributed by atoms with Gasteiger partial charge in [-0.2, -0.15) is 0 Å². The Morgan fingerprint density at radius 1 is 1.47 bits per heavy atom. The third kappa shape index (κ3) is 2.82. The van der Waals surface area contributed by atoms with Crippen LogP contribution in [0.2, 0.25) is 0 Å². The summed E-state index contributed by atoms with van der Waals surface area (Å²) in [5.41, 5.74) is -0.551. The van der Waals surface area contributed by atoms with Crippen LogP contribution in [0.5, 0.6) is 0 Å². The van der Waals surface area contributed by atoms with E-state index in [-0.39, 0.29) is 23.3 Å². The second kappa shape index (κ2) is 5.23. The molecule has 0 atom stereocenters. The van der Waals surface area contributed by atoms with Gasteiger partial charge in [-0.3, -0.25) is 10.1 Å². The van der Waals surface area contributed by atoms with E-state index in [1.807, 2.05) is 0 Å². The fourth-order valence-corrected chi connectivity index (χ4v) is 2.18. The first-order valence-electron chi connectivity index (χ1n) is 5.91. The molecule has 1 saturated carbocycles. The number of carbonyl (C=O) groups is 1. The molecule has 7 nitrogen and oxygen atoms in total. The van der Waals surface area contributed by atoms with Crippen LogP contribution in [0.1, 0.15) is 23.2 Å². The van der Waals surface area contributed by atoms with Crippen LogP contribution in [0.15, 0.2) is 18.2 Å². The molecule has 1 fully saturated rings. The predicted octanol–water partition coefficient (Wildman–Crippen LogP) is 1.48. The second-order valence-corrected chi connectivity index (χ2v) is 4.64. The molecule has 0 saturated heterocycles. The molecule has 3 N–H and O–H groups in total. The fourth-order valence-electron chi connectivity index (χ4n) is 2.18. The summed E-state index contributed by atoms with van der Waals surface area (Å²) in [5.74, 6) is -1.06. The Bertz CT molecular complexity index is 511. The van der Waals surface area contributed by atoms with E-state index in [0.717, 1.165) is 0 Å². The van der Waals surface area contributed by atoms with Crippen LogP contribution < -0.4 is 5.32 Å². The van der Waals surface area contributed by atoms with Crippen LogP contribution in [0.4, 0.5) is 11.4 Å². The highest BCUT2D eigenvalue weighted by molar-refractivity contribution is 5.95. The number of carboxylic acid groups (broad SMARTS) is 1. The monoisotopic (exact) mass is 266 g/mol. The number of para-hydroxylation sites is 1. The number of hydrogen-bond donors (Lipinski definition) is 3. The molecule has 0 radical (unpaired) electrons. The third-order valence-corrected chi connectivity index (χ3v) is 3.24. The van der Waals surface area contributed by atoms with E-state index in [9.17, 15) is 14.9 Å². The van der Waals surface area contributed by atoms with Gasteiger partial charge in [0, 0.05) is 6.54 Å². The molecule has 1 aromatic rings. The molecule has 0 spiro atoms. The molecule has 2 rings (SSSR count). The Morgan fingerprint density at radius 3 is 2.68 bits per heavy atom. The average molecular weight is 266 g/mol. The first-order valence-corrected chi connectivity index (χ1v) is 5.91. The molecule has 7 heteroatoms. The van der Waals surface area contributed by atoms with Gasteiger partial charge >= 0.3 is 11.7 Å². The van der Waals surface area contributed by atoms with E-state index >= 15 is 0 Å². The Morgan fingerprint density at radius 2 is 2.16 bits per heavy atom. The molecule has 1 aliphatic rings. The van der Waals surface area contributed by atoms with E-state index in [1.54, 1.807) is 0 Å². The van der Waals surface area contributed by atoms with Gasteiger partial charge in [0.25, 0.3) is 0 Å². The standard InChI is InChI=1S/C12H14N2O5/c15-8-4-7(5-8)6-13-10-3-1-2-9(12(16)17)11(10)14(18)19/h1-3,7-8,13,15H,4-6H2,(H,16,17). The Hall–Kier alpha value is -2.15. The molecule has 1 aliphatic carbocycles. The number of aliphatic hydroxyl groups is 1. The minimum absolute atomic E-state index is 0.200.